The van der Waals surface area contributed by atoms with Gasteiger partial charge in [0.1, 0.15) is 6.10 Å². The number of carbonyl (C=O) groups excluding carboxylic acids is 1. The van der Waals surface area contributed by atoms with E-state index in [0.29, 0.717) is 12.0 Å². The molecule has 23 heavy (non-hydrogen) atoms. The van der Waals surface area contributed by atoms with Crippen LogP contribution in [0.4, 0.5) is 0 Å². The van der Waals surface area contributed by atoms with Gasteiger partial charge >= 0.3 is 5.97 Å². The van der Waals surface area contributed by atoms with Crippen LogP contribution in [-0.4, -0.2) is 36.1 Å². The van der Waals surface area contributed by atoms with Crippen molar-refractivity contribution in [1.82, 2.24) is 4.90 Å². The van der Waals surface area contributed by atoms with E-state index in [1.165, 1.54) is 51.4 Å². The van der Waals surface area contributed by atoms with Crippen molar-refractivity contribution in [3.05, 3.63) is 0 Å². The summed E-state index contributed by atoms with van der Waals surface area (Å²) in [7, 11) is 2.24. The first kappa shape index (κ1) is 15.9. The normalized spacial score (nSPS) is 44.8. The minimum absolute atomic E-state index is 0.149. The van der Waals surface area contributed by atoms with Crippen LogP contribution in [0.5, 0.6) is 0 Å². The van der Waals surface area contributed by atoms with Crippen molar-refractivity contribution >= 4 is 5.97 Å². The number of hydrogen-bond donors (Lipinski definition) is 0. The zero-order chi connectivity index (χ0) is 16.0. The van der Waals surface area contributed by atoms with Crippen molar-refractivity contribution in [3.8, 4) is 0 Å². The lowest BCUT2D eigenvalue weighted by Gasteiger charge is -2.46. The first-order chi connectivity index (χ1) is 11.1. The molecule has 130 valence electrons. The van der Waals surface area contributed by atoms with Crippen LogP contribution in [-0.2, 0) is 9.53 Å². The van der Waals surface area contributed by atoms with E-state index in [2.05, 4.69) is 18.9 Å². The lowest BCUT2D eigenvalue weighted by atomic mass is 9.67. The first-order valence-corrected chi connectivity index (χ1v) is 10.1. The molecule has 2 saturated heterocycles. The van der Waals surface area contributed by atoms with E-state index in [0.717, 1.165) is 30.7 Å². The maximum Gasteiger partial charge on any atom is 0.311 e. The molecule has 0 amide bonds. The third kappa shape index (κ3) is 2.94. The number of nitrogens with zero attached hydrogens (tertiary/aromatic N) is 1. The number of rotatable bonds is 3. The Morgan fingerprint density at radius 3 is 2.39 bits per heavy atom. The van der Waals surface area contributed by atoms with Crippen LogP contribution < -0.4 is 0 Å². The van der Waals surface area contributed by atoms with E-state index in [1.807, 2.05) is 0 Å². The minimum atomic E-state index is 0.149. The van der Waals surface area contributed by atoms with Crippen LogP contribution in [0.15, 0.2) is 0 Å². The second kappa shape index (κ2) is 6.38. The summed E-state index contributed by atoms with van der Waals surface area (Å²) in [5, 5.41) is 0. The molecule has 2 aliphatic heterocycles. The average Bonchev–Trinajstić information content (AvgIpc) is 2.74. The molecule has 3 heteroatoms. The Kier molecular flexibility index (Phi) is 4.42. The Morgan fingerprint density at radius 2 is 1.74 bits per heavy atom. The first-order valence-electron chi connectivity index (χ1n) is 10.1. The Bertz CT molecular complexity index is 439. The van der Waals surface area contributed by atoms with Crippen molar-refractivity contribution in [2.24, 2.45) is 23.7 Å². The molecule has 4 rings (SSSR count). The molecule has 3 nitrogen and oxygen atoms in total. The molecule has 2 bridgehead atoms. The Labute approximate surface area is 141 Å². The van der Waals surface area contributed by atoms with Crippen molar-refractivity contribution < 1.29 is 9.53 Å². The highest BCUT2D eigenvalue weighted by molar-refractivity contribution is 5.74. The summed E-state index contributed by atoms with van der Waals surface area (Å²) >= 11 is 0. The van der Waals surface area contributed by atoms with Crippen LogP contribution in [0, 0.1) is 23.7 Å². The highest BCUT2D eigenvalue weighted by Gasteiger charge is 2.51. The molecule has 0 spiro atoms. The molecule has 0 aromatic rings. The smallest absolute Gasteiger partial charge is 0.311 e. The molecule has 2 saturated carbocycles. The molecule has 1 unspecified atom stereocenters. The second-order valence-electron chi connectivity index (χ2n) is 8.90. The molecular weight excluding hydrogens is 286 g/mol. The lowest BCUT2D eigenvalue weighted by Crippen LogP contribution is -2.52. The number of ether oxygens (including phenoxy) is 1. The predicted octanol–water partition coefficient (Wildman–Crippen LogP) is 4.01. The summed E-state index contributed by atoms with van der Waals surface area (Å²) < 4.78 is 5.90. The molecular formula is C20H33NO2. The number of hydrogen-bond acceptors (Lipinski definition) is 3. The van der Waals surface area contributed by atoms with Crippen LogP contribution >= 0.6 is 0 Å². The van der Waals surface area contributed by atoms with Gasteiger partial charge in [0, 0.05) is 12.1 Å². The van der Waals surface area contributed by atoms with Crippen molar-refractivity contribution in [1.29, 1.82) is 0 Å². The minimum Gasteiger partial charge on any atom is -0.462 e. The Morgan fingerprint density at radius 1 is 1.00 bits per heavy atom. The molecule has 2 heterocycles. The molecule has 0 radical (unpaired) electrons. The largest absolute Gasteiger partial charge is 0.462 e. The van der Waals surface area contributed by atoms with E-state index >= 15 is 0 Å². The van der Waals surface area contributed by atoms with Gasteiger partial charge < -0.3 is 4.74 Å². The van der Waals surface area contributed by atoms with Gasteiger partial charge in [-0.25, -0.2) is 0 Å². The number of esters is 1. The number of piperidine rings is 1. The maximum absolute atomic E-state index is 13.0. The van der Waals surface area contributed by atoms with E-state index in [9.17, 15) is 4.79 Å². The summed E-state index contributed by atoms with van der Waals surface area (Å²) in [6, 6.07) is 1.17. The molecule has 0 aromatic carbocycles. The highest BCUT2D eigenvalue weighted by atomic mass is 16.5. The van der Waals surface area contributed by atoms with Gasteiger partial charge in [-0.05, 0) is 76.2 Å². The second-order valence-corrected chi connectivity index (χ2v) is 8.90. The molecule has 4 aliphatic rings. The average molecular weight is 319 g/mol. The maximum atomic E-state index is 13.0. The van der Waals surface area contributed by atoms with Crippen LogP contribution in [0.2, 0.25) is 0 Å². The Hall–Kier alpha value is -0.570. The zero-order valence-electron chi connectivity index (χ0n) is 14.9. The number of fused-ring (bicyclic) bond motifs is 2. The third-order valence-electron chi connectivity index (χ3n) is 7.59. The summed E-state index contributed by atoms with van der Waals surface area (Å²) in [6.45, 7) is 2.39. The van der Waals surface area contributed by atoms with E-state index in [1.54, 1.807) is 0 Å². The predicted molar refractivity (Wildman–Crippen MR) is 91.0 cm³/mol. The molecule has 4 fully saturated rings. The van der Waals surface area contributed by atoms with Gasteiger partial charge in [0.05, 0.1) is 5.92 Å². The topological polar surface area (TPSA) is 29.5 Å². The molecule has 0 aromatic heterocycles. The van der Waals surface area contributed by atoms with Crippen LogP contribution in [0.25, 0.3) is 0 Å². The molecule has 4 atom stereocenters. The Balaban J connectivity index is 1.51. The van der Waals surface area contributed by atoms with Gasteiger partial charge in [-0.15, -0.1) is 0 Å². The fourth-order valence-corrected chi connectivity index (χ4v) is 5.77. The van der Waals surface area contributed by atoms with E-state index < -0.39 is 0 Å². The fourth-order valence-electron chi connectivity index (χ4n) is 5.77. The SMILES string of the molecule is CC1CCC([C@H]2C[C@H]3CCC([C@H]2C(=O)OC2CCC2)N3C)CC1. The van der Waals surface area contributed by atoms with E-state index in [4.69, 9.17) is 4.74 Å². The monoisotopic (exact) mass is 319 g/mol. The van der Waals surface area contributed by atoms with Crippen molar-refractivity contribution in [3.63, 3.8) is 0 Å². The zero-order valence-corrected chi connectivity index (χ0v) is 14.9. The van der Waals surface area contributed by atoms with Crippen LogP contribution in [0.3, 0.4) is 0 Å². The highest BCUT2D eigenvalue weighted by Crippen LogP contribution is 2.49. The summed E-state index contributed by atoms with van der Waals surface area (Å²) in [4.78, 5) is 15.5. The van der Waals surface area contributed by atoms with Gasteiger partial charge in [-0.3, -0.25) is 9.69 Å². The van der Waals surface area contributed by atoms with E-state index in [-0.39, 0.29) is 18.0 Å². The van der Waals surface area contributed by atoms with Gasteiger partial charge in [0.15, 0.2) is 0 Å². The lowest BCUT2D eigenvalue weighted by molar-refractivity contribution is -0.166. The summed E-state index contributed by atoms with van der Waals surface area (Å²) in [6.07, 6.45) is 12.8. The summed E-state index contributed by atoms with van der Waals surface area (Å²) in [5.41, 5.74) is 0. The van der Waals surface area contributed by atoms with Gasteiger partial charge in [0.25, 0.3) is 0 Å². The third-order valence-corrected chi connectivity index (χ3v) is 7.59. The quantitative estimate of drug-likeness (QED) is 0.736. The standard InChI is InChI=1S/C20H33NO2/c1-13-6-8-14(9-7-13)17-12-15-10-11-18(21(15)2)19(17)20(22)23-16-4-3-5-16/h13-19H,3-12H2,1-2H3/t13?,14?,15-,17-,18?,19+/m1/s1. The summed E-state index contributed by atoms with van der Waals surface area (Å²) in [5.74, 6) is 2.54. The van der Waals surface area contributed by atoms with Gasteiger partial charge in [-0.2, -0.15) is 0 Å². The van der Waals surface area contributed by atoms with Gasteiger partial charge in [-0.1, -0.05) is 19.8 Å². The fraction of sp³-hybridized carbons (Fsp3) is 0.950. The van der Waals surface area contributed by atoms with Crippen molar-refractivity contribution in [2.45, 2.75) is 89.3 Å². The van der Waals surface area contributed by atoms with Crippen molar-refractivity contribution in [2.75, 3.05) is 7.05 Å². The molecule has 2 aliphatic carbocycles. The van der Waals surface area contributed by atoms with Gasteiger partial charge in [0.2, 0.25) is 0 Å². The van der Waals surface area contributed by atoms with Crippen LogP contribution in [0.1, 0.15) is 71.1 Å². The molecule has 0 N–H and O–H groups in total. The number of carbonyl (C=O) groups is 1.